The molecule has 6 heteroatoms. The van der Waals surface area contributed by atoms with Crippen molar-refractivity contribution in [2.45, 2.75) is 44.8 Å². The average Bonchev–Trinajstić information content (AvgIpc) is 2.89. The summed E-state index contributed by atoms with van der Waals surface area (Å²) in [6.07, 6.45) is 2.27. The van der Waals surface area contributed by atoms with Crippen molar-refractivity contribution in [3.8, 4) is 0 Å². The van der Waals surface area contributed by atoms with Gasteiger partial charge in [0.2, 0.25) is 11.7 Å². The summed E-state index contributed by atoms with van der Waals surface area (Å²) in [5.74, 6) is 1.31. The molecule has 0 spiro atoms. The Bertz CT molecular complexity index is 388. The van der Waals surface area contributed by atoms with Gasteiger partial charge in [-0.3, -0.25) is 0 Å². The Labute approximate surface area is 113 Å². The third-order valence-electron chi connectivity index (χ3n) is 3.60. The number of hydrogen-bond donors (Lipinski definition) is 1. The van der Waals surface area contributed by atoms with Gasteiger partial charge in [0.25, 0.3) is 0 Å². The molecule has 108 valence electrons. The van der Waals surface area contributed by atoms with Gasteiger partial charge in [0.05, 0.1) is 0 Å². The summed E-state index contributed by atoms with van der Waals surface area (Å²) in [5.41, 5.74) is -0.443. The van der Waals surface area contributed by atoms with Crippen LogP contribution in [0, 0.1) is 0 Å². The van der Waals surface area contributed by atoms with Crippen molar-refractivity contribution >= 4 is 0 Å². The van der Waals surface area contributed by atoms with Gasteiger partial charge in [-0.25, -0.2) is 0 Å². The van der Waals surface area contributed by atoms with Crippen LogP contribution in [0.4, 0.5) is 0 Å². The maximum absolute atomic E-state index is 5.65. The summed E-state index contributed by atoms with van der Waals surface area (Å²) in [6.45, 7) is 6.46. The Morgan fingerprint density at radius 3 is 2.79 bits per heavy atom. The summed E-state index contributed by atoms with van der Waals surface area (Å²) >= 11 is 0. The number of nitrogens with one attached hydrogen (secondary N) is 1. The fourth-order valence-electron chi connectivity index (χ4n) is 2.43. The van der Waals surface area contributed by atoms with E-state index in [0.29, 0.717) is 31.0 Å². The highest BCUT2D eigenvalue weighted by Crippen LogP contribution is 2.33. The van der Waals surface area contributed by atoms with Gasteiger partial charge in [0, 0.05) is 45.6 Å². The van der Waals surface area contributed by atoms with Crippen molar-refractivity contribution < 1.29 is 14.0 Å². The highest BCUT2D eigenvalue weighted by atomic mass is 16.5. The van der Waals surface area contributed by atoms with Crippen molar-refractivity contribution in [3.63, 3.8) is 0 Å². The fraction of sp³-hybridized carbons (Fsp3) is 0.846. The van der Waals surface area contributed by atoms with Gasteiger partial charge in [-0.05, 0) is 13.5 Å². The Balaban J connectivity index is 2.06. The summed E-state index contributed by atoms with van der Waals surface area (Å²) < 4.78 is 16.4. The lowest BCUT2D eigenvalue weighted by molar-refractivity contribution is -0.101. The highest BCUT2D eigenvalue weighted by molar-refractivity contribution is 5.03. The van der Waals surface area contributed by atoms with E-state index < -0.39 is 5.60 Å². The standard InChI is InChI=1S/C13H23N3O3/c1-4-14-10(2)9-11-15-12(16-19-11)13(17-3)5-7-18-8-6-13/h10,14H,4-9H2,1-3H3. The zero-order valence-electron chi connectivity index (χ0n) is 11.9. The van der Waals surface area contributed by atoms with Crippen molar-refractivity contribution in [1.29, 1.82) is 0 Å². The van der Waals surface area contributed by atoms with Crippen molar-refractivity contribution in [1.82, 2.24) is 15.5 Å². The quantitative estimate of drug-likeness (QED) is 0.838. The van der Waals surface area contributed by atoms with Crippen molar-refractivity contribution in [2.75, 3.05) is 26.9 Å². The molecule has 19 heavy (non-hydrogen) atoms. The first-order chi connectivity index (χ1) is 9.20. The minimum atomic E-state index is -0.443. The Kier molecular flexibility index (Phi) is 4.90. The van der Waals surface area contributed by atoms with Crippen molar-refractivity contribution in [3.05, 3.63) is 11.7 Å². The molecule has 1 aliphatic heterocycles. The molecule has 1 atom stereocenters. The molecular weight excluding hydrogens is 246 g/mol. The van der Waals surface area contributed by atoms with Crippen LogP contribution in [0.3, 0.4) is 0 Å². The second kappa shape index (κ2) is 6.45. The normalized spacial score (nSPS) is 20.4. The summed E-state index contributed by atoms with van der Waals surface area (Å²) in [4.78, 5) is 4.50. The maximum Gasteiger partial charge on any atom is 0.228 e. The molecule has 1 aromatic rings. The first-order valence-corrected chi connectivity index (χ1v) is 6.89. The summed E-state index contributed by atoms with van der Waals surface area (Å²) in [6, 6.07) is 0.325. The third kappa shape index (κ3) is 3.32. The van der Waals surface area contributed by atoms with E-state index in [1.54, 1.807) is 7.11 Å². The smallest absolute Gasteiger partial charge is 0.228 e. The molecule has 0 saturated carbocycles. The lowest BCUT2D eigenvalue weighted by Crippen LogP contribution is -2.36. The van der Waals surface area contributed by atoms with Gasteiger partial charge in [-0.2, -0.15) is 4.98 Å². The van der Waals surface area contributed by atoms with Crippen LogP contribution in [0.25, 0.3) is 0 Å². The van der Waals surface area contributed by atoms with E-state index in [9.17, 15) is 0 Å². The molecule has 0 radical (unpaired) electrons. The van der Waals surface area contributed by atoms with Gasteiger partial charge in [0.1, 0.15) is 5.60 Å². The van der Waals surface area contributed by atoms with Crippen molar-refractivity contribution in [2.24, 2.45) is 0 Å². The van der Waals surface area contributed by atoms with Crippen LogP contribution in [-0.2, 0) is 21.5 Å². The van der Waals surface area contributed by atoms with E-state index in [4.69, 9.17) is 14.0 Å². The summed E-state index contributed by atoms with van der Waals surface area (Å²) in [7, 11) is 1.70. The number of likely N-dealkylation sites (N-methyl/N-ethyl adjacent to an activating group) is 1. The largest absolute Gasteiger partial charge is 0.381 e. The average molecular weight is 269 g/mol. The second-order valence-corrected chi connectivity index (χ2v) is 4.99. The van der Waals surface area contributed by atoms with Crippen LogP contribution >= 0.6 is 0 Å². The highest BCUT2D eigenvalue weighted by Gasteiger charge is 2.39. The fourth-order valence-corrected chi connectivity index (χ4v) is 2.43. The van der Waals surface area contributed by atoms with E-state index in [0.717, 1.165) is 25.8 Å². The molecule has 0 aromatic carbocycles. The zero-order chi connectivity index (χ0) is 13.7. The second-order valence-electron chi connectivity index (χ2n) is 4.99. The number of methoxy groups -OCH3 is 1. The lowest BCUT2D eigenvalue weighted by atomic mass is 9.93. The molecular formula is C13H23N3O3. The monoisotopic (exact) mass is 269 g/mol. The van der Waals surface area contributed by atoms with E-state index in [2.05, 4.69) is 29.3 Å². The topological polar surface area (TPSA) is 69.4 Å². The maximum atomic E-state index is 5.65. The Morgan fingerprint density at radius 2 is 2.16 bits per heavy atom. The van der Waals surface area contributed by atoms with Crippen LogP contribution in [0.15, 0.2) is 4.52 Å². The molecule has 0 bridgehead atoms. The van der Waals surface area contributed by atoms with Crippen LogP contribution in [0.2, 0.25) is 0 Å². The molecule has 1 fully saturated rings. The molecule has 2 rings (SSSR count). The first kappa shape index (κ1) is 14.4. The number of ether oxygens (including phenoxy) is 2. The predicted octanol–water partition coefficient (Wildman–Crippen LogP) is 1.26. The Morgan fingerprint density at radius 1 is 1.42 bits per heavy atom. The van der Waals surface area contributed by atoms with Gasteiger partial charge in [-0.1, -0.05) is 12.1 Å². The van der Waals surface area contributed by atoms with Gasteiger partial charge in [0.15, 0.2) is 0 Å². The summed E-state index contributed by atoms with van der Waals surface area (Å²) in [5, 5.41) is 7.43. The zero-order valence-corrected chi connectivity index (χ0v) is 11.9. The number of rotatable bonds is 6. The number of hydrogen-bond acceptors (Lipinski definition) is 6. The van der Waals surface area contributed by atoms with Gasteiger partial charge in [-0.15, -0.1) is 0 Å². The molecule has 1 aliphatic rings. The molecule has 0 amide bonds. The molecule has 1 N–H and O–H groups in total. The predicted molar refractivity (Wildman–Crippen MR) is 69.9 cm³/mol. The Hall–Kier alpha value is -0.980. The lowest BCUT2D eigenvalue weighted by Gasteiger charge is -2.32. The molecule has 0 aliphatic carbocycles. The molecule has 1 unspecified atom stereocenters. The van der Waals surface area contributed by atoms with E-state index >= 15 is 0 Å². The van der Waals surface area contributed by atoms with Crippen LogP contribution in [-0.4, -0.2) is 43.1 Å². The van der Waals surface area contributed by atoms with Crippen LogP contribution in [0.1, 0.15) is 38.4 Å². The van der Waals surface area contributed by atoms with Gasteiger partial charge < -0.3 is 19.3 Å². The third-order valence-corrected chi connectivity index (χ3v) is 3.60. The van der Waals surface area contributed by atoms with Crippen LogP contribution in [0.5, 0.6) is 0 Å². The first-order valence-electron chi connectivity index (χ1n) is 6.89. The minimum Gasteiger partial charge on any atom is -0.381 e. The number of nitrogens with zero attached hydrogens (tertiary/aromatic N) is 2. The number of aromatic nitrogens is 2. The molecule has 1 saturated heterocycles. The molecule has 2 heterocycles. The molecule has 1 aromatic heterocycles. The SMILES string of the molecule is CCNC(C)Cc1nc(C2(OC)CCOCC2)no1. The van der Waals surface area contributed by atoms with E-state index in [-0.39, 0.29) is 0 Å². The van der Waals surface area contributed by atoms with Gasteiger partial charge >= 0.3 is 0 Å². The van der Waals surface area contributed by atoms with E-state index in [1.807, 2.05) is 0 Å². The molecule has 6 nitrogen and oxygen atoms in total. The van der Waals surface area contributed by atoms with E-state index in [1.165, 1.54) is 0 Å². The van der Waals surface area contributed by atoms with Crippen LogP contribution < -0.4 is 5.32 Å². The minimum absolute atomic E-state index is 0.325.